The first kappa shape index (κ1) is 12.9. The molecule has 1 N–H and O–H groups in total. The second-order valence-electron chi connectivity index (χ2n) is 4.54. The third kappa shape index (κ3) is 3.74. The van der Waals surface area contributed by atoms with Crippen molar-refractivity contribution in [3.63, 3.8) is 0 Å². The first-order chi connectivity index (χ1) is 7.23. The average Bonchev–Trinajstić information content (AvgIpc) is 2.57. The summed E-state index contributed by atoms with van der Waals surface area (Å²) >= 11 is 0. The van der Waals surface area contributed by atoms with E-state index in [1.54, 1.807) is 0 Å². The molecule has 0 amide bonds. The minimum absolute atomic E-state index is 0.115. The Bertz CT molecular complexity index is 175. The molecule has 90 valence electrons. The minimum Gasteiger partial charge on any atom is -0.395 e. The van der Waals surface area contributed by atoms with Crippen LogP contribution in [-0.2, 0) is 4.74 Å². The zero-order valence-electron chi connectivity index (χ0n) is 10.2. The second kappa shape index (κ2) is 6.46. The molecule has 1 aliphatic heterocycles. The number of rotatable bonds is 7. The number of aliphatic hydroxyl groups excluding tert-OH is 1. The topological polar surface area (TPSA) is 32.7 Å². The lowest BCUT2D eigenvalue weighted by Gasteiger charge is -2.33. The molecular weight excluding hydrogens is 190 g/mol. The van der Waals surface area contributed by atoms with Crippen LogP contribution in [0.3, 0.4) is 0 Å². The zero-order chi connectivity index (χ0) is 11.1. The monoisotopic (exact) mass is 215 g/mol. The van der Waals surface area contributed by atoms with Crippen LogP contribution in [0.15, 0.2) is 0 Å². The van der Waals surface area contributed by atoms with Crippen molar-refractivity contribution >= 4 is 0 Å². The molecular formula is C12H25NO2. The molecule has 0 radical (unpaired) electrons. The van der Waals surface area contributed by atoms with Gasteiger partial charge in [-0.1, -0.05) is 26.2 Å². The van der Waals surface area contributed by atoms with Gasteiger partial charge in [0.15, 0.2) is 0 Å². The molecule has 1 atom stereocenters. The van der Waals surface area contributed by atoms with Crippen LogP contribution in [0.5, 0.6) is 0 Å². The zero-order valence-corrected chi connectivity index (χ0v) is 10.2. The maximum Gasteiger partial charge on any atom is 0.119 e. The predicted octanol–water partition coefficient (Wildman–Crippen LogP) is 2.00. The van der Waals surface area contributed by atoms with E-state index in [4.69, 9.17) is 9.84 Å². The van der Waals surface area contributed by atoms with E-state index < -0.39 is 0 Å². The highest BCUT2D eigenvalue weighted by Gasteiger charge is 2.36. The Morgan fingerprint density at radius 2 is 2.13 bits per heavy atom. The summed E-state index contributed by atoms with van der Waals surface area (Å²) in [5, 5.41) is 8.97. The molecule has 0 aromatic carbocycles. The molecule has 0 aromatic rings. The fourth-order valence-electron chi connectivity index (χ4n) is 2.28. The fraction of sp³-hybridized carbons (Fsp3) is 1.00. The lowest BCUT2D eigenvalue weighted by Crippen LogP contribution is -2.43. The molecule has 0 aliphatic carbocycles. The molecule has 3 nitrogen and oxygen atoms in total. The van der Waals surface area contributed by atoms with E-state index in [2.05, 4.69) is 18.7 Å². The summed E-state index contributed by atoms with van der Waals surface area (Å²) in [6.45, 7) is 7.13. The Labute approximate surface area is 93.4 Å². The molecule has 1 fully saturated rings. The first-order valence-corrected chi connectivity index (χ1v) is 6.23. The van der Waals surface area contributed by atoms with Gasteiger partial charge in [-0.05, 0) is 19.8 Å². The fourth-order valence-corrected chi connectivity index (χ4v) is 2.28. The summed E-state index contributed by atoms with van der Waals surface area (Å²) in [5.74, 6) is 0. The van der Waals surface area contributed by atoms with Crippen molar-refractivity contribution in [3.8, 4) is 0 Å². The van der Waals surface area contributed by atoms with Gasteiger partial charge >= 0.3 is 0 Å². The standard InChI is InChI=1S/C12H25NO2/c1-3-4-5-6-7-12(2)13(8-10-14)9-11-15-12/h14H,3-11H2,1-2H3. The minimum atomic E-state index is -0.115. The van der Waals surface area contributed by atoms with Gasteiger partial charge in [0.2, 0.25) is 0 Å². The summed E-state index contributed by atoms with van der Waals surface area (Å²) in [6, 6.07) is 0. The van der Waals surface area contributed by atoms with E-state index in [9.17, 15) is 0 Å². The van der Waals surface area contributed by atoms with Gasteiger partial charge < -0.3 is 9.84 Å². The van der Waals surface area contributed by atoms with E-state index >= 15 is 0 Å². The molecule has 1 rings (SSSR count). The van der Waals surface area contributed by atoms with Gasteiger partial charge in [-0.3, -0.25) is 4.90 Å². The first-order valence-electron chi connectivity index (χ1n) is 6.23. The summed E-state index contributed by atoms with van der Waals surface area (Å²) in [6.07, 6.45) is 6.20. The Kier molecular flexibility index (Phi) is 5.58. The highest BCUT2D eigenvalue weighted by Crippen LogP contribution is 2.28. The molecule has 0 aromatic heterocycles. The van der Waals surface area contributed by atoms with Crippen molar-refractivity contribution in [1.82, 2.24) is 4.90 Å². The molecule has 3 heteroatoms. The molecule has 15 heavy (non-hydrogen) atoms. The van der Waals surface area contributed by atoms with Crippen molar-refractivity contribution < 1.29 is 9.84 Å². The summed E-state index contributed by atoms with van der Waals surface area (Å²) in [7, 11) is 0. The van der Waals surface area contributed by atoms with Gasteiger partial charge in [0.05, 0.1) is 13.2 Å². The number of hydrogen-bond acceptors (Lipinski definition) is 3. The largest absolute Gasteiger partial charge is 0.395 e. The van der Waals surface area contributed by atoms with E-state index in [1.807, 2.05) is 0 Å². The van der Waals surface area contributed by atoms with Gasteiger partial charge in [-0.15, -0.1) is 0 Å². The number of nitrogens with zero attached hydrogens (tertiary/aromatic N) is 1. The highest BCUT2D eigenvalue weighted by atomic mass is 16.5. The molecule has 1 heterocycles. The smallest absolute Gasteiger partial charge is 0.119 e. The average molecular weight is 215 g/mol. The number of unbranched alkanes of at least 4 members (excludes halogenated alkanes) is 3. The van der Waals surface area contributed by atoms with Gasteiger partial charge in [-0.2, -0.15) is 0 Å². The van der Waals surface area contributed by atoms with Crippen LogP contribution >= 0.6 is 0 Å². The second-order valence-corrected chi connectivity index (χ2v) is 4.54. The van der Waals surface area contributed by atoms with Crippen LogP contribution in [-0.4, -0.2) is 42.0 Å². The predicted molar refractivity (Wildman–Crippen MR) is 61.8 cm³/mol. The van der Waals surface area contributed by atoms with E-state index in [0.29, 0.717) is 0 Å². The van der Waals surface area contributed by atoms with Crippen LogP contribution in [0.25, 0.3) is 0 Å². The molecule has 0 saturated carbocycles. The molecule has 1 unspecified atom stereocenters. The van der Waals surface area contributed by atoms with E-state index in [1.165, 1.54) is 25.7 Å². The Morgan fingerprint density at radius 1 is 1.33 bits per heavy atom. The lowest BCUT2D eigenvalue weighted by atomic mass is 10.0. The normalized spacial score (nSPS) is 27.4. The van der Waals surface area contributed by atoms with Crippen LogP contribution in [0.4, 0.5) is 0 Å². The summed E-state index contributed by atoms with van der Waals surface area (Å²) < 4.78 is 5.80. The number of ether oxygens (including phenoxy) is 1. The van der Waals surface area contributed by atoms with Crippen LogP contribution in [0, 0.1) is 0 Å². The SMILES string of the molecule is CCCCCCC1(C)OCCN1CCO. The number of β-amino-alcohol motifs (C(OH)–C–C–N with tert-alkyl or cyclic N) is 1. The summed E-state index contributed by atoms with van der Waals surface area (Å²) in [4.78, 5) is 2.26. The van der Waals surface area contributed by atoms with E-state index in [0.717, 1.165) is 26.1 Å². The molecule has 1 saturated heterocycles. The maximum atomic E-state index is 8.97. The van der Waals surface area contributed by atoms with Crippen molar-refractivity contribution in [2.24, 2.45) is 0 Å². The van der Waals surface area contributed by atoms with Crippen molar-refractivity contribution in [2.75, 3.05) is 26.3 Å². The van der Waals surface area contributed by atoms with Crippen LogP contribution in [0.1, 0.15) is 46.0 Å². The van der Waals surface area contributed by atoms with Gasteiger partial charge in [0, 0.05) is 13.1 Å². The van der Waals surface area contributed by atoms with Crippen LogP contribution in [0.2, 0.25) is 0 Å². The maximum absolute atomic E-state index is 8.97. The van der Waals surface area contributed by atoms with E-state index in [-0.39, 0.29) is 12.3 Å². The Hall–Kier alpha value is -0.120. The van der Waals surface area contributed by atoms with Gasteiger partial charge in [0.1, 0.15) is 5.72 Å². The lowest BCUT2D eigenvalue weighted by molar-refractivity contribution is -0.0776. The number of aliphatic hydroxyl groups is 1. The van der Waals surface area contributed by atoms with Crippen molar-refractivity contribution in [1.29, 1.82) is 0 Å². The number of hydrogen-bond donors (Lipinski definition) is 1. The highest BCUT2D eigenvalue weighted by molar-refractivity contribution is 4.82. The van der Waals surface area contributed by atoms with Gasteiger partial charge in [-0.25, -0.2) is 0 Å². The third-order valence-corrected chi connectivity index (χ3v) is 3.31. The molecule has 0 spiro atoms. The Morgan fingerprint density at radius 3 is 2.80 bits per heavy atom. The van der Waals surface area contributed by atoms with Crippen LogP contribution < -0.4 is 0 Å². The summed E-state index contributed by atoms with van der Waals surface area (Å²) in [5.41, 5.74) is -0.115. The Balaban J connectivity index is 2.28. The van der Waals surface area contributed by atoms with Crippen molar-refractivity contribution in [2.45, 2.75) is 51.7 Å². The molecule has 1 aliphatic rings. The van der Waals surface area contributed by atoms with Crippen molar-refractivity contribution in [3.05, 3.63) is 0 Å². The van der Waals surface area contributed by atoms with Gasteiger partial charge in [0.25, 0.3) is 0 Å². The third-order valence-electron chi connectivity index (χ3n) is 3.31. The quantitative estimate of drug-likeness (QED) is 0.659. The molecule has 0 bridgehead atoms.